The van der Waals surface area contributed by atoms with Gasteiger partial charge in [0.05, 0.1) is 6.04 Å². The minimum atomic E-state index is -0.0636. The molecule has 74 valence electrons. The van der Waals surface area contributed by atoms with Gasteiger partial charge in [-0.05, 0) is 26.8 Å². The minimum absolute atomic E-state index is 0.0636. The Balaban J connectivity index is 2.44. The summed E-state index contributed by atoms with van der Waals surface area (Å²) in [4.78, 5) is 13.6. The molecular weight excluding hydrogens is 164 g/mol. The summed E-state index contributed by atoms with van der Waals surface area (Å²) in [7, 11) is 1.81. The molecule has 1 atom stereocenters. The monoisotopic (exact) mass is 182 g/mol. The van der Waals surface area contributed by atoms with Crippen LogP contribution in [0.2, 0.25) is 0 Å². The van der Waals surface area contributed by atoms with E-state index in [0.29, 0.717) is 0 Å². The Hall–Kier alpha value is -0.830. The van der Waals surface area contributed by atoms with Gasteiger partial charge in [-0.3, -0.25) is 4.79 Å². The van der Waals surface area contributed by atoms with Crippen LogP contribution in [0.4, 0.5) is 0 Å². The molecular formula is C10H18N2O. The van der Waals surface area contributed by atoms with Crippen molar-refractivity contribution in [1.82, 2.24) is 10.2 Å². The van der Waals surface area contributed by atoms with Gasteiger partial charge in [0.1, 0.15) is 0 Å². The maximum absolute atomic E-state index is 11.7. The van der Waals surface area contributed by atoms with Crippen LogP contribution in [0.15, 0.2) is 12.2 Å². The lowest BCUT2D eigenvalue weighted by Crippen LogP contribution is -2.45. The number of rotatable bonds is 2. The molecule has 3 nitrogen and oxygen atoms in total. The summed E-state index contributed by atoms with van der Waals surface area (Å²) in [6, 6.07) is -0.0636. The summed E-state index contributed by atoms with van der Waals surface area (Å²) in [5.74, 6) is 0.204. The zero-order chi connectivity index (χ0) is 9.84. The molecule has 1 saturated heterocycles. The van der Waals surface area contributed by atoms with Gasteiger partial charge in [0.25, 0.3) is 0 Å². The third-order valence-corrected chi connectivity index (χ3v) is 2.59. The van der Waals surface area contributed by atoms with Crippen LogP contribution in [0, 0.1) is 0 Å². The van der Waals surface area contributed by atoms with Crippen molar-refractivity contribution in [1.29, 1.82) is 0 Å². The van der Waals surface area contributed by atoms with E-state index in [1.165, 1.54) is 5.57 Å². The predicted molar refractivity (Wildman–Crippen MR) is 53.5 cm³/mol. The lowest BCUT2D eigenvalue weighted by Gasteiger charge is -2.30. The second kappa shape index (κ2) is 4.42. The van der Waals surface area contributed by atoms with Crippen molar-refractivity contribution < 1.29 is 4.79 Å². The first-order valence-corrected chi connectivity index (χ1v) is 4.78. The van der Waals surface area contributed by atoms with Gasteiger partial charge in [-0.25, -0.2) is 0 Å². The molecule has 1 fully saturated rings. The number of hydrogen-bond acceptors (Lipinski definition) is 2. The number of hydrogen-bond donors (Lipinski definition) is 1. The second-order valence-corrected chi connectivity index (χ2v) is 3.59. The molecule has 1 unspecified atom stereocenters. The van der Waals surface area contributed by atoms with Gasteiger partial charge < -0.3 is 10.2 Å². The summed E-state index contributed by atoms with van der Waals surface area (Å²) < 4.78 is 0. The van der Waals surface area contributed by atoms with E-state index in [0.717, 1.165) is 25.9 Å². The number of nitrogens with zero attached hydrogens (tertiary/aromatic N) is 1. The topological polar surface area (TPSA) is 32.3 Å². The Bertz CT molecular complexity index is 203. The van der Waals surface area contributed by atoms with Crippen LogP contribution < -0.4 is 5.32 Å². The highest BCUT2D eigenvalue weighted by atomic mass is 16.2. The highest BCUT2D eigenvalue weighted by molar-refractivity contribution is 5.81. The molecule has 1 N–H and O–H groups in total. The molecule has 0 spiro atoms. The first-order chi connectivity index (χ1) is 6.15. The Morgan fingerprint density at radius 3 is 2.54 bits per heavy atom. The average molecular weight is 182 g/mol. The van der Waals surface area contributed by atoms with Gasteiger partial charge in [-0.15, -0.1) is 0 Å². The maximum atomic E-state index is 11.7. The molecule has 0 aromatic heterocycles. The Kier molecular flexibility index (Phi) is 3.48. The fourth-order valence-electron chi connectivity index (χ4n) is 1.44. The molecule has 0 aromatic rings. The van der Waals surface area contributed by atoms with Gasteiger partial charge in [-0.2, -0.15) is 0 Å². The van der Waals surface area contributed by atoms with Crippen molar-refractivity contribution in [3.63, 3.8) is 0 Å². The molecule has 1 heterocycles. The quantitative estimate of drug-likeness (QED) is 0.640. The molecule has 0 bridgehead atoms. The normalized spacial score (nSPS) is 20.2. The predicted octanol–water partition coefficient (Wildman–Crippen LogP) is 0.773. The number of carbonyl (C=O) groups excluding carboxylic acids is 1. The van der Waals surface area contributed by atoms with Gasteiger partial charge >= 0.3 is 0 Å². The van der Waals surface area contributed by atoms with E-state index in [9.17, 15) is 4.79 Å². The lowest BCUT2D eigenvalue weighted by molar-refractivity contribution is -0.133. The summed E-state index contributed by atoms with van der Waals surface area (Å²) in [5.41, 5.74) is 1.26. The first-order valence-electron chi connectivity index (χ1n) is 4.78. The van der Waals surface area contributed by atoms with Crippen LogP contribution in [-0.4, -0.2) is 37.0 Å². The largest absolute Gasteiger partial charge is 0.341 e. The van der Waals surface area contributed by atoms with E-state index in [2.05, 4.69) is 11.9 Å². The fraction of sp³-hybridized carbons (Fsp3) is 0.700. The number of carbonyl (C=O) groups is 1. The van der Waals surface area contributed by atoms with Crippen molar-refractivity contribution in [2.45, 2.75) is 25.8 Å². The van der Waals surface area contributed by atoms with E-state index in [1.54, 1.807) is 0 Å². The average Bonchev–Trinajstić information content (AvgIpc) is 2.17. The molecule has 0 saturated carbocycles. The first kappa shape index (κ1) is 10.3. The van der Waals surface area contributed by atoms with Crippen molar-refractivity contribution in [2.24, 2.45) is 0 Å². The standard InChI is InChI=1S/C10H18N2O/c1-8-4-6-12(7-5-8)10(13)9(2)11-3/h9,11H,1,4-7H2,2-3H3. The zero-order valence-corrected chi connectivity index (χ0v) is 8.47. The number of amides is 1. The molecule has 13 heavy (non-hydrogen) atoms. The van der Waals surface area contributed by atoms with Gasteiger partial charge in [0, 0.05) is 13.1 Å². The number of piperidine rings is 1. The maximum Gasteiger partial charge on any atom is 0.239 e. The van der Waals surface area contributed by atoms with E-state index in [4.69, 9.17) is 0 Å². The highest BCUT2D eigenvalue weighted by Crippen LogP contribution is 2.14. The van der Waals surface area contributed by atoms with Crippen molar-refractivity contribution in [3.05, 3.63) is 12.2 Å². The van der Waals surface area contributed by atoms with Crippen LogP contribution in [0.5, 0.6) is 0 Å². The number of likely N-dealkylation sites (tertiary alicyclic amines) is 1. The molecule has 1 aliphatic heterocycles. The van der Waals surface area contributed by atoms with E-state index in [-0.39, 0.29) is 11.9 Å². The van der Waals surface area contributed by atoms with Crippen molar-refractivity contribution >= 4 is 5.91 Å². The molecule has 0 aliphatic carbocycles. The van der Waals surface area contributed by atoms with E-state index >= 15 is 0 Å². The van der Waals surface area contributed by atoms with Gasteiger partial charge in [0.15, 0.2) is 0 Å². The molecule has 1 rings (SSSR count). The number of likely N-dealkylation sites (N-methyl/N-ethyl adjacent to an activating group) is 1. The second-order valence-electron chi connectivity index (χ2n) is 3.59. The Morgan fingerprint density at radius 2 is 2.08 bits per heavy atom. The van der Waals surface area contributed by atoms with E-state index in [1.807, 2.05) is 18.9 Å². The van der Waals surface area contributed by atoms with Crippen LogP contribution >= 0.6 is 0 Å². The highest BCUT2D eigenvalue weighted by Gasteiger charge is 2.21. The van der Waals surface area contributed by atoms with E-state index < -0.39 is 0 Å². The molecule has 3 heteroatoms. The van der Waals surface area contributed by atoms with Gasteiger partial charge in [0.2, 0.25) is 5.91 Å². The lowest BCUT2D eigenvalue weighted by atomic mass is 10.1. The van der Waals surface area contributed by atoms with Crippen molar-refractivity contribution in [3.8, 4) is 0 Å². The van der Waals surface area contributed by atoms with Crippen molar-refractivity contribution in [2.75, 3.05) is 20.1 Å². The smallest absolute Gasteiger partial charge is 0.239 e. The number of nitrogens with one attached hydrogen (secondary N) is 1. The fourth-order valence-corrected chi connectivity index (χ4v) is 1.44. The summed E-state index contributed by atoms with van der Waals surface area (Å²) in [6.07, 6.45) is 1.92. The summed E-state index contributed by atoms with van der Waals surface area (Å²) >= 11 is 0. The molecule has 1 amide bonds. The SMILES string of the molecule is C=C1CCN(C(=O)C(C)NC)CC1. The molecule has 0 aromatic carbocycles. The third kappa shape index (κ3) is 2.56. The van der Waals surface area contributed by atoms with Crippen LogP contribution in [0.25, 0.3) is 0 Å². The third-order valence-electron chi connectivity index (χ3n) is 2.59. The zero-order valence-electron chi connectivity index (χ0n) is 8.47. The minimum Gasteiger partial charge on any atom is -0.341 e. The molecule has 1 aliphatic rings. The van der Waals surface area contributed by atoms with Crippen LogP contribution in [0.1, 0.15) is 19.8 Å². The summed E-state index contributed by atoms with van der Waals surface area (Å²) in [5, 5.41) is 2.96. The van der Waals surface area contributed by atoms with Crippen LogP contribution in [-0.2, 0) is 4.79 Å². The summed E-state index contributed by atoms with van der Waals surface area (Å²) in [6.45, 7) is 7.49. The molecule has 0 radical (unpaired) electrons. The van der Waals surface area contributed by atoms with Crippen LogP contribution in [0.3, 0.4) is 0 Å². The Labute approximate surface area is 79.8 Å². The van der Waals surface area contributed by atoms with Gasteiger partial charge in [-0.1, -0.05) is 12.2 Å². The Morgan fingerprint density at radius 1 is 1.54 bits per heavy atom.